The molecule has 0 unspecified atom stereocenters. The molecule has 1 saturated carbocycles. The molecule has 1 aliphatic carbocycles. The SMILES string of the molecule is C=Cc1ccc(-c2ccc(C3CCC(CCC)CC3)cc2)cc1F. The van der Waals surface area contributed by atoms with Gasteiger partial charge >= 0.3 is 0 Å². The van der Waals surface area contributed by atoms with E-state index in [1.54, 1.807) is 18.2 Å². The van der Waals surface area contributed by atoms with Gasteiger partial charge in [-0.05, 0) is 60.3 Å². The molecule has 0 radical (unpaired) electrons. The topological polar surface area (TPSA) is 0 Å². The first-order valence-electron chi connectivity index (χ1n) is 9.23. The number of rotatable bonds is 5. The molecule has 1 fully saturated rings. The van der Waals surface area contributed by atoms with E-state index in [0.717, 1.165) is 17.0 Å². The van der Waals surface area contributed by atoms with Crippen molar-refractivity contribution in [1.82, 2.24) is 0 Å². The molecule has 0 heterocycles. The Morgan fingerprint density at radius 1 is 1.00 bits per heavy atom. The highest BCUT2D eigenvalue weighted by atomic mass is 19.1. The number of halogens is 1. The fourth-order valence-electron chi connectivity index (χ4n) is 4.01. The maximum atomic E-state index is 13.9. The zero-order valence-corrected chi connectivity index (χ0v) is 14.6. The van der Waals surface area contributed by atoms with Gasteiger partial charge in [0.1, 0.15) is 5.82 Å². The first-order chi connectivity index (χ1) is 11.7. The summed E-state index contributed by atoms with van der Waals surface area (Å²) < 4.78 is 13.9. The zero-order chi connectivity index (χ0) is 16.9. The van der Waals surface area contributed by atoms with E-state index < -0.39 is 0 Å². The van der Waals surface area contributed by atoms with Crippen molar-refractivity contribution in [1.29, 1.82) is 0 Å². The van der Waals surface area contributed by atoms with Crippen molar-refractivity contribution in [2.24, 2.45) is 5.92 Å². The third-order valence-electron chi connectivity index (χ3n) is 5.48. The summed E-state index contributed by atoms with van der Waals surface area (Å²) in [6, 6.07) is 14.1. The Kier molecular flexibility index (Phi) is 5.50. The number of benzene rings is 2. The van der Waals surface area contributed by atoms with Crippen LogP contribution in [0.15, 0.2) is 49.0 Å². The summed E-state index contributed by atoms with van der Waals surface area (Å²) in [5.41, 5.74) is 4.00. The van der Waals surface area contributed by atoms with Crippen LogP contribution < -0.4 is 0 Å². The van der Waals surface area contributed by atoms with Crippen molar-refractivity contribution < 1.29 is 4.39 Å². The minimum atomic E-state index is -0.208. The minimum absolute atomic E-state index is 0.208. The molecule has 126 valence electrons. The molecular formula is C23H27F. The lowest BCUT2D eigenvalue weighted by Gasteiger charge is -2.28. The summed E-state index contributed by atoms with van der Waals surface area (Å²) in [6.07, 6.45) is 9.61. The third-order valence-corrected chi connectivity index (χ3v) is 5.48. The second-order valence-corrected chi connectivity index (χ2v) is 7.07. The van der Waals surface area contributed by atoms with Crippen LogP contribution in [0.3, 0.4) is 0 Å². The quantitative estimate of drug-likeness (QED) is 0.545. The van der Waals surface area contributed by atoms with E-state index in [-0.39, 0.29) is 5.82 Å². The molecular weight excluding hydrogens is 295 g/mol. The van der Waals surface area contributed by atoms with Crippen LogP contribution >= 0.6 is 0 Å². The van der Waals surface area contributed by atoms with E-state index in [1.165, 1.54) is 44.1 Å². The van der Waals surface area contributed by atoms with Crippen LogP contribution in [-0.4, -0.2) is 0 Å². The van der Waals surface area contributed by atoms with Crippen molar-refractivity contribution in [3.05, 3.63) is 66.0 Å². The van der Waals surface area contributed by atoms with Crippen LogP contribution in [0.5, 0.6) is 0 Å². The Bertz CT molecular complexity index is 676. The molecule has 0 aromatic heterocycles. The van der Waals surface area contributed by atoms with Crippen LogP contribution in [0.2, 0.25) is 0 Å². The minimum Gasteiger partial charge on any atom is -0.206 e. The highest BCUT2D eigenvalue weighted by Gasteiger charge is 2.21. The number of hydrogen-bond donors (Lipinski definition) is 0. The molecule has 1 aliphatic rings. The van der Waals surface area contributed by atoms with E-state index >= 15 is 0 Å². The van der Waals surface area contributed by atoms with Crippen LogP contribution in [-0.2, 0) is 0 Å². The summed E-state index contributed by atoms with van der Waals surface area (Å²) in [6.45, 7) is 5.92. The maximum absolute atomic E-state index is 13.9. The standard InChI is InChI=1S/C23H27F/c1-3-5-17-6-8-19(9-7-17)20-11-13-21(14-12-20)22-15-10-18(4-2)23(24)16-22/h4,10-17,19H,2-3,5-9H2,1H3. The predicted molar refractivity (Wildman–Crippen MR) is 102 cm³/mol. The second-order valence-electron chi connectivity index (χ2n) is 7.07. The Balaban J connectivity index is 1.70. The molecule has 0 atom stereocenters. The van der Waals surface area contributed by atoms with Crippen molar-refractivity contribution in [2.45, 2.75) is 51.4 Å². The zero-order valence-electron chi connectivity index (χ0n) is 14.6. The van der Waals surface area contributed by atoms with Gasteiger partial charge in [-0.2, -0.15) is 0 Å². The molecule has 24 heavy (non-hydrogen) atoms. The van der Waals surface area contributed by atoms with Gasteiger partial charge in [-0.15, -0.1) is 0 Å². The molecule has 0 N–H and O–H groups in total. The van der Waals surface area contributed by atoms with Gasteiger partial charge in [0.2, 0.25) is 0 Å². The summed E-state index contributed by atoms with van der Waals surface area (Å²) in [7, 11) is 0. The molecule has 0 saturated heterocycles. The molecule has 2 aromatic carbocycles. The highest BCUT2D eigenvalue weighted by Crippen LogP contribution is 2.38. The lowest BCUT2D eigenvalue weighted by atomic mass is 9.77. The van der Waals surface area contributed by atoms with Gasteiger partial charge in [0, 0.05) is 5.56 Å². The molecule has 1 heteroatoms. The maximum Gasteiger partial charge on any atom is 0.131 e. The summed E-state index contributed by atoms with van der Waals surface area (Å²) >= 11 is 0. The van der Waals surface area contributed by atoms with Gasteiger partial charge in [-0.3, -0.25) is 0 Å². The first-order valence-corrected chi connectivity index (χ1v) is 9.23. The van der Waals surface area contributed by atoms with Crippen molar-refractivity contribution in [3.8, 4) is 11.1 Å². The lowest BCUT2D eigenvalue weighted by Crippen LogP contribution is -2.13. The van der Waals surface area contributed by atoms with Gasteiger partial charge in [0.05, 0.1) is 0 Å². The molecule has 0 bridgehead atoms. The molecule has 0 spiro atoms. The molecule has 2 aromatic rings. The van der Waals surface area contributed by atoms with E-state index in [0.29, 0.717) is 11.5 Å². The molecule has 0 amide bonds. The van der Waals surface area contributed by atoms with E-state index in [1.807, 2.05) is 6.07 Å². The lowest BCUT2D eigenvalue weighted by molar-refractivity contribution is 0.308. The van der Waals surface area contributed by atoms with Crippen molar-refractivity contribution in [3.63, 3.8) is 0 Å². The Morgan fingerprint density at radius 3 is 2.25 bits per heavy atom. The fraction of sp³-hybridized carbons (Fsp3) is 0.391. The van der Waals surface area contributed by atoms with Crippen LogP contribution in [0, 0.1) is 11.7 Å². The predicted octanol–water partition coefficient (Wildman–Crippen LogP) is 7.21. The Labute approximate surface area is 145 Å². The molecule has 0 aliphatic heterocycles. The van der Waals surface area contributed by atoms with E-state index in [4.69, 9.17) is 0 Å². The molecule has 0 nitrogen and oxygen atoms in total. The first kappa shape index (κ1) is 17.0. The highest BCUT2D eigenvalue weighted by molar-refractivity contribution is 5.66. The van der Waals surface area contributed by atoms with E-state index in [9.17, 15) is 4.39 Å². The fourth-order valence-corrected chi connectivity index (χ4v) is 4.01. The van der Waals surface area contributed by atoms with E-state index in [2.05, 4.69) is 37.8 Å². The summed E-state index contributed by atoms with van der Waals surface area (Å²) in [5.74, 6) is 1.43. The van der Waals surface area contributed by atoms with Crippen molar-refractivity contribution >= 4 is 6.08 Å². The van der Waals surface area contributed by atoms with Gasteiger partial charge in [0.25, 0.3) is 0 Å². The number of hydrogen-bond acceptors (Lipinski definition) is 0. The third kappa shape index (κ3) is 3.77. The van der Waals surface area contributed by atoms with Gasteiger partial charge in [0.15, 0.2) is 0 Å². The molecule has 3 rings (SSSR count). The van der Waals surface area contributed by atoms with Gasteiger partial charge in [-0.1, -0.05) is 68.8 Å². The van der Waals surface area contributed by atoms with Crippen molar-refractivity contribution in [2.75, 3.05) is 0 Å². The largest absolute Gasteiger partial charge is 0.206 e. The van der Waals surface area contributed by atoms with Gasteiger partial charge < -0.3 is 0 Å². The van der Waals surface area contributed by atoms with Crippen LogP contribution in [0.4, 0.5) is 4.39 Å². The average Bonchev–Trinajstić information content (AvgIpc) is 2.63. The van der Waals surface area contributed by atoms with Gasteiger partial charge in [-0.25, -0.2) is 4.39 Å². The van der Waals surface area contributed by atoms with Crippen LogP contribution in [0.1, 0.15) is 62.5 Å². The average molecular weight is 322 g/mol. The van der Waals surface area contributed by atoms with Crippen LogP contribution in [0.25, 0.3) is 17.2 Å². The second kappa shape index (κ2) is 7.79. The smallest absolute Gasteiger partial charge is 0.131 e. The Hall–Kier alpha value is -1.89. The Morgan fingerprint density at radius 2 is 1.67 bits per heavy atom. The summed E-state index contributed by atoms with van der Waals surface area (Å²) in [5, 5.41) is 0. The summed E-state index contributed by atoms with van der Waals surface area (Å²) in [4.78, 5) is 0. The normalized spacial score (nSPS) is 20.8. The monoisotopic (exact) mass is 322 g/mol.